The van der Waals surface area contributed by atoms with Crippen LogP contribution in [0, 0.1) is 17.5 Å². The normalized spacial score (nSPS) is 10.0. The molecule has 6 heteroatoms. The highest BCUT2D eigenvalue weighted by molar-refractivity contribution is 6.40. The molecular formula is C10H7F3O3. The number of carbonyl (C=O) groups is 2. The molecule has 1 rings (SSSR count). The predicted octanol–water partition coefficient (Wildman–Crippen LogP) is 1.85. The van der Waals surface area contributed by atoms with Crippen molar-refractivity contribution in [1.29, 1.82) is 0 Å². The Morgan fingerprint density at radius 3 is 2.31 bits per heavy atom. The van der Waals surface area contributed by atoms with Crippen molar-refractivity contribution in [2.75, 3.05) is 6.61 Å². The van der Waals surface area contributed by atoms with Gasteiger partial charge in [-0.1, -0.05) is 0 Å². The van der Waals surface area contributed by atoms with E-state index < -0.39 is 34.8 Å². The summed E-state index contributed by atoms with van der Waals surface area (Å²) >= 11 is 0. The second-order valence-electron chi connectivity index (χ2n) is 2.77. The maximum atomic E-state index is 13.1. The zero-order chi connectivity index (χ0) is 12.3. The van der Waals surface area contributed by atoms with Crippen molar-refractivity contribution in [1.82, 2.24) is 0 Å². The highest BCUT2D eigenvalue weighted by atomic mass is 19.2. The SMILES string of the molecule is CCOC(=O)C(=O)c1c(F)ccc(F)c1F. The molecule has 0 aliphatic carbocycles. The molecule has 1 aromatic rings. The summed E-state index contributed by atoms with van der Waals surface area (Å²) in [5, 5.41) is 0. The van der Waals surface area contributed by atoms with Gasteiger partial charge in [0.25, 0.3) is 5.78 Å². The first kappa shape index (κ1) is 12.2. The molecule has 0 aliphatic heterocycles. The van der Waals surface area contributed by atoms with Gasteiger partial charge in [0.2, 0.25) is 0 Å². The molecular weight excluding hydrogens is 225 g/mol. The van der Waals surface area contributed by atoms with Gasteiger partial charge >= 0.3 is 5.97 Å². The standard InChI is InChI=1S/C10H7F3O3/c1-2-16-10(15)9(14)7-5(11)3-4-6(12)8(7)13/h3-4H,2H2,1H3. The molecule has 0 spiro atoms. The van der Waals surface area contributed by atoms with Gasteiger partial charge in [-0.05, 0) is 19.1 Å². The fraction of sp³-hybridized carbons (Fsp3) is 0.200. The van der Waals surface area contributed by atoms with Crippen molar-refractivity contribution in [3.05, 3.63) is 35.1 Å². The molecule has 0 N–H and O–H groups in total. The van der Waals surface area contributed by atoms with Gasteiger partial charge in [-0.25, -0.2) is 18.0 Å². The summed E-state index contributed by atoms with van der Waals surface area (Å²) in [6.45, 7) is 1.30. The molecule has 86 valence electrons. The molecule has 0 saturated carbocycles. The van der Waals surface area contributed by atoms with Crippen LogP contribution in [0.2, 0.25) is 0 Å². The molecule has 0 amide bonds. The van der Waals surface area contributed by atoms with Gasteiger partial charge in [-0.3, -0.25) is 4.79 Å². The molecule has 0 saturated heterocycles. The molecule has 3 nitrogen and oxygen atoms in total. The predicted molar refractivity (Wildman–Crippen MR) is 47.3 cm³/mol. The molecule has 0 unspecified atom stereocenters. The van der Waals surface area contributed by atoms with Crippen LogP contribution >= 0.6 is 0 Å². The Morgan fingerprint density at radius 2 is 1.75 bits per heavy atom. The highest BCUT2D eigenvalue weighted by Gasteiger charge is 2.27. The number of Topliss-reactive ketones (excluding diaryl/α,β-unsaturated/α-hetero) is 1. The van der Waals surface area contributed by atoms with E-state index in [0.29, 0.717) is 12.1 Å². The summed E-state index contributed by atoms with van der Waals surface area (Å²) in [5.41, 5.74) is -1.24. The van der Waals surface area contributed by atoms with E-state index >= 15 is 0 Å². The van der Waals surface area contributed by atoms with E-state index in [4.69, 9.17) is 0 Å². The molecule has 0 aliphatic rings. The van der Waals surface area contributed by atoms with Crippen LogP contribution in [0.15, 0.2) is 12.1 Å². The van der Waals surface area contributed by atoms with Gasteiger partial charge in [0.1, 0.15) is 11.4 Å². The van der Waals surface area contributed by atoms with Crippen molar-refractivity contribution in [2.24, 2.45) is 0 Å². The third-order valence-electron chi connectivity index (χ3n) is 1.73. The topological polar surface area (TPSA) is 43.4 Å². The number of ether oxygens (including phenoxy) is 1. The first-order valence-electron chi connectivity index (χ1n) is 4.34. The molecule has 0 radical (unpaired) electrons. The molecule has 1 aromatic carbocycles. The smallest absolute Gasteiger partial charge is 0.379 e. The van der Waals surface area contributed by atoms with Crippen molar-refractivity contribution < 1.29 is 27.5 Å². The maximum Gasteiger partial charge on any atom is 0.379 e. The fourth-order valence-electron chi connectivity index (χ4n) is 1.03. The summed E-state index contributed by atoms with van der Waals surface area (Å²) in [6.07, 6.45) is 0. The van der Waals surface area contributed by atoms with Crippen LogP contribution in [0.5, 0.6) is 0 Å². The number of hydrogen-bond donors (Lipinski definition) is 0. The van der Waals surface area contributed by atoms with E-state index in [2.05, 4.69) is 4.74 Å². The minimum Gasteiger partial charge on any atom is -0.460 e. The van der Waals surface area contributed by atoms with Gasteiger partial charge in [0.05, 0.1) is 6.61 Å². The number of ketones is 1. The average Bonchev–Trinajstić information content (AvgIpc) is 2.24. The van der Waals surface area contributed by atoms with Crippen molar-refractivity contribution in [2.45, 2.75) is 6.92 Å². The number of halogens is 3. The molecule has 0 heterocycles. The molecule has 0 fully saturated rings. The third kappa shape index (κ3) is 2.21. The van der Waals surface area contributed by atoms with Crippen LogP contribution < -0.4 is 0 Å². The molecule has 0 bridgehead atoms. The molecule has 0 aromatic heterocycles. The summed E-state index contributed by atoms with van der Waals surface area (Å²) in [5.74, 6) is -7.38. The summed E-state index contributed by atoms with van der Waals surface area (Å²) in [7, 11) is 0. The van der Waals surface area contributed by atoms with Crippen LogP contribution in [0.25, 0.3) is 0 Å². The molecule has 0 atom stereocenters. The van der Waals surface area contributed by atoms with Gasteiger partial charge in [0, 0.05) is 0 Å². The van der Waals surface area contributed by atoms with Gasteiger partial charge in [-0.2, -0.15) is 0 Å². The lowest BCUT2D eigenvalue weighted by molar-refractivity contribution is -0.137. The van der Waals surface area contributed by atoms with Crippen LogP contribution in [0.1, 0.15) is 17.3 Å². The van der Waals surface area contributed by atoms with Crippen molar-refractivity contribution >= 4 is 11.8 Å². The van der Waals surface area contributed by atoms with Gasteiger partial charge in [0.15, 0.2) is 11.6 Å². The lowest BCUT2D eigenvalue weighted by atomic mass is 10.1. The number of rotatable bonds is 3. The van der Waals surface area contributed by atoms with Gasteiger partial charge in [-0.15, -0.1) is 0 Å². The van der Waals surface area contributed by atoms with Crippen LogP contribution in [-0.4, -0.2) is 18.4 Å². The summed E-state index contributed by atoms with van der Waals surface area (Å²) in [6, 6.07) is 1.08. The Bertz CT molecular complexity index is 443. The number of benzene rings is 1. The van der Waals surface area contributed by atoms with Crippen LogP contribution in [0.4, 0.5) is 13.2 Å². The quantitative estimate of drug-likeness (QED) is 0.345. The Balaban J connectivity index is 3.18. The van der Waals surface area contributed by atoms with Crippen LogP contribution in [0.3, 0.4) is 0 Å². The van der Waals surface area contributed by atoms with Crippen LogP contribution in [-0.2, 0) is 9.53 Å². The Labute approximate surface area is 88.8 Å². The van der Waals surface area contributed by atoms with E-state index in [-0.39, 0.29) is 6.61 Å². The van der Waals surface area contributed by atoms with Gasteiger partial charge < -0.3 is 4.74 Å². The lowest BCUT2D eigenvalue weighted by Gasteiger charge is -2.04. The van der Waals surface area contributed by atoms with E-state index in [1.165, 1.54) is 6.92 Å². The van der Waals surface area contributed by atoms with Crippen molar-refractivity contribution in [3.8, 4) is 0 Å². The van der Waals surface area contributed by atoms with E-state index in [1.54, 1.807) is 0 Å². The first-order chi connectivity index (χ1) is 7.49. The van der Waals surface area contributed by atoms with E-state index in [1.807, 2.05) is 0 Å². The second-order valence-corrected chi connectivity index (χ2v) is 2.77. The zero-order valence-corrected chi connectivity index (χ0v) is 8.22. The largest absolute Gasteiger partial charge is 0.460 e. The third-order valence-corrected chi connectivity index (χ3v) is 1.73. The zero-order valence-electron chi connectivity index (χ0n) is 8.22. The number of esters is 1. The Hall–Kier alpha value is -1.85. The monoisotopic (exact) mass is 232 g/mol. The summed E-state index contributed by atoms with van der Waals surface area (Å²) < 4.78 is 43.1. The minimum atomic E-state index is -1.70. The maximum absolute atomic E-state index is 13.1. The lowest BCUT2D eigenvalue weighted by Crippen LogP contribution is -2.20. The average molecular weight is 232 g/mol. The number of hydrogen-bond acceptors (Lipinski definition) is 3. The fourth-order valence-corrected chi connectivity index (χ4v) is 1.03. The number of carbonyl (C=O) groups excluding carboxylic acids is 2. The van der Waals surface area contributed by atoms with Crippen molar-refractivity contribution in [3.63, 3.8) is 0 Å². The summed E-state index contributed by atoms with van der Waals surface area (Å²) in [4.78, 5) is 22.1. The second kappa shape index (κ2) is 4.78. The Morgan fingerprint density at radius 1 is 1.19 bits per heavy atom. The highest BCUT2D eigenvalue weighted by Crippen LogP contribution is 2.16. The molecule has 16 heavy (non-hydrogen) atoms. The first-order valence-corrected chi connectivity index (χ1v) is 4.34. The van der Waals surface area contributed by atoms with E-state index in [0.717, 1.165) is 0 Å². The van der Waals surface area contributed by atoms with E-state index in [9.17, 15) is 22.8 Å². The Kier molecular flexibility index (Phi) is 3.65. The minimum absolute atomic E-state index is 0.122.